The van der Waals surface area contributed by atoms with Crippen molar-refractivity contribution in [2.24, 2.45) is 0 Å². The molecule has 5 nitrogen and oxygen atoms in total. The van der Waals surface area contributed by atoms with Gasteiger partial charge in [0.1, 0.15) is 17.8 Å². The predicted molar refractivity (Wildman–Crippen MR) is 72.3 cm³/mol. The molecule has 1 aromatic carbocycles. The molecule has 2 aromatic heterocycles. The molecule has 0 aliphatic heterocycles. The Morgan fingerprint density at radius 2 is 1.91 bits per heavy atom. The molecule has 0 bridgehead atoms. The van der Waals surface area contributed by atoms with E-state index in [1.807, 2.05) is 0 Å². The van der Waals surface area contributed by atoms with E-state index in [0.29, 0.717) is 11.8 Å². The van der Waals surface area contributed by atoms with E-state index in [4.69, 9.17) is 10.3 Å². The SMILES string of the molecule is Nc1onc(-c2ccc(C(F)(F)F)cc2F)c1-c1ccncn1. The van der Waals surface area contributed by atoms with Crippen molar-refractivity contribution in [2.45, 2.75) is 6.18 Å². The highest BCUT2D eigenvalue weighted by Crippen LogP contribution is 2.38. The summed E-state index contributed by atoms with van der Waals surface area (Å²) in [6.07, 6.45) is -1.96. The van der Waals surface area contributed by atoms with Crippen molar-refractivity contribution in [3.8, 4) is 22.5 Å². The number of aromatic nitrogens is 3. The summed E-state index contributed by atoms with van der Waals surface area (Å²) >= 11 is 0. The molecule has 0 amide bonds. The summed E-state index contributed by atoms with van der Waals surface area (Å²) < 4.78 is 56.8. The third-order valence-electron chi connectivity index (χ3n) is 3.11. The average Bonchev–Trinajstić information content (AvgIpc) is 2.88. The number of hydrogen-bond donors (Lipinski definition) is 1. The Kier molecular flexibility index (Phi) is 3.47. The molecule has 3 aromatic rings. The molecule has 0 saturated heterocycles. The van der Waals surface area contributed by atoms with Crippen LogP contribution in [-0.4, -0.2) is 15.1 Å². The second-order valence-corrected chi connectivity index (χ2v) is 4.56. The van der Waals surface area contributed by atoms with E-state index < -0.39 is 17.6 Å². The lowest BCUT2D eigenvalue weighted by atomic mass is 10.0. The zero-order valence-corrected chi connectivity index (χ0v) is 11.3. The van der Waals surface area contributed by atoms with Crippen molar-refractivity contribution in [1.29, 1.82) is 0 Å². The molecule has 0 aliphatic carbocycles. The van der Waals surface area contributed by atoms with Crippen LogP contribution in [0.4, 0.5) is 23.4 Å². The van der Waals surface area contributed by atoms with Gasteiger partial charge in [-0.05, 0) is 24.3 Å². The Hall–Kier alpha value is -2.97. The van der Waals surface area contributed by atoms with Crippen LogP contribution in [-0.2, 0) is 6.18 Å². The first-order valence-electron chi connectivity index (χ1n) is 6.26. The monoisotopic (exact) mass is 324 g/mol. The third-order valence-corrected chi connectivity index (χ3v) is 3.11. The fourth-order valence-electron chi connectivity index (χ4n) is 2.06. The lowest BCUT2D eigenvalue weighted by molar-refractivity contribution is -0.137. The number of hydrogen-bond acceptors (Lipinski definition) is 5. The summed E-state index contributed by atoms with van der Waals surface area (Å²) in [7, 11) is 0. The highest BCUT2D eigenvalue weighted by Gasteiger charge is 2.32. The lowest BCUT2D eigenvalue weighted by Crippen LogP contribution is -2.05. The third kappa shape index (κ3) is 2.72. The van der Waals surface area contributed by atoms with Crippen LogP contribution in [0.2, 0.25) is 0 Å². The quantitative estimate of drug-likeness (QED) is 0.730. The minimum atomic E-state index is -4.64. The maximum Gasteiger partial charge on any atom is 0.416 e. The molecule has 0 spiro atoms. The zero-order valence-electron chi connectivity index (χ0n) is 11.3. The Morgan fingerprint density at radius 1 is 1.13 bits per heavy atom. The Labute approximate surface area is 126 Å². The summed E-state index contributed by atoms with van der Waals surface area (Å²) in [5.41, 5.74) is 4.86. The molecule has 2 N–H and O–H groups in total. The number of halogens is 4. The van der Waals surface area contributed by atoms with Gasteiger partial charge in [0.2, 0.25) is 5.88 Å². The van der Waals surface area contributed by atoms with Gasteiger partial charge in [-0.2, -0.15) is 13.2 Å². The molecular formula is C14H8F4N4O. The van der Waals surface area contributed by atoms with E-state index in [1.165, 1.54) is 18.6 Å². The van der Waals surface area contributed by atoms with Crippen molar-refractivity contribution >= 4 is 5.88 Å². The molecule has 23 heavy (non-hydrogen) atoms. The van der Waals surface area contributed by atoms with Crippen LogP contribution in [0.5, 0.6) is 0 Å². The molecule has 0 atom stereocenters. The highest BCUT2D eigenvalue weighted by atomic mass is 19.4. The molecule has 9 heteroatoms. The largest absolute Gasteiger partial charge is 0.416 e. The number of nitrogens with zero attached hydrogens (tertiary/aromatic N) is 3. The molecule has 0 aliphatic rings. The van der Waals surface area contributed by atoms with Crippen LogP contribution in [0.1, 0.15) is 5.56 Å². The second-order valence-electron chi connectivity index (χ2n) is 4.56. The summed E-state index contributed by atoms with van der Waals surface area (Å²) in [5, 5.41) is 3.63. The lowest BCUT2D eigenvalue weighted by Gasteiger charge is -2.08. The maximum atomic E-state index is 14.1. The topological polar surface area (TPSA) is 77.8 Å². The van der Waals surface area contributed by atoms with Crippen molar-refractivity contribution in [3.63, 3.8) is 0 Å². The molecule has 118 valence electrons. The smallest absolute Gasteiger partial charge is 0.367 e. The van der Waals surface area contributed by atoms with Crippen LogP contribution >= 0.6 is 0 Å². The highest BCUT2D eigenvalue weighted by molar-refractivity contribution is 5.85. The fraction of sp³-hybridized carbons (Fsp3) is 0.0714. The second kappa shape index (κ2) is 5.34. The van der Waals surface area contributed by atoms with Crippen LogP contribution in [0, 0.1) is 5.82 Å². The van der Waals surface area contributed by atoms with Gasteiger partial charge in [0.05, 0.1) is 16.8 Å². The standard InChI is InChI=1S/C14H8F4N4O/c15-9-5-7(14(16,17)18)1-2-8(9)12-11(13(19)23-22-12)10-3-4-20-6-21-10/h1-6H,19H2. The minimum absolute atomic E-state index is 0.0348. The number of nitrogen functional groups attached to an aromatic ring is 1. The maximum absolute atomic E-state index is 14.1. The van der Waals surface area contributed by atoms with Crippen molar-refractivity contribution in [1.82, 2.24) is 15.1 Å². The van der Waals surface area contributed by atoms with Gasteiger partial charge in [-0.1, -0.05) is 5.16 Å². The van der Waals surface area contributed by atoms with Gasteiger partial charge >= 0.3 is 6.18 Å². The van der Waals surface area contributed by atoms with E-state index in [0.717, 1.165) is 12.1 Å². The number of alkyl halides is 3. The number of benzene rings is 1. The Balaban J connectivity index is 2.14. The summed E-state index contributed by atoms with van der Waals surface area (Å²) in [5.74, 6) is -1.22. The number of nitrogens with two attached hydrogens (primary N) is 1. The van der Waals surface area contributed by atoms with Gasteiger partial charge in [-0.25, -0.2) is 14.4 Å². The Morgan fingerprint density at radius 3 is 2.52 bits per heavy atom. The predicted octanol–water partition coefficient (Wildman–Crippen LogP) is 3.54. The fourth-order valence-corrected chi connectivity index (χ4v) is 2.06. The first kappa shape index (κ1) is 14.9. The summed E-state index contributed by atoms with van der Waals surface area (Å²) in [4.78, 5) is 7.70. The van der Waals surface area contributed by atoms with Crippen molar-refractivity contribution in [3.05, 3.63) is 48.2 Å². The summed E-state index contributed by atoms with van der Waals surface area (Å²) in [6.45, 7) is 0. The molecule has 0 fully saturated rings. The molecule has 0 saturated carbocycles. The molecule has 3 rings (SSSR count). The first-order valence-corrected chi connectivity index (χ1v) is 6.26. The zero-order chi connectivity index (χ0) is 16.6. The van der Waals surface area contributed by atoms with E-state index in [1.54, 1.807) is 0 Å². The average molecular weight is 324 g/mol. The molecule has 0 unspecified atom stereocenters. The van der Waals surface area contributed by atoms with Crippen LogP contribution in [0.15, 0.2) is 41.3 Å². The van der Waals surface area contributed by atoms with Crippen LogP contribution in [0.3, 0.4) is 0 Å². The normalized spacial score (nSPS) is 11.7. The molecule has 2 heterocycles. The van der Waals surface area contributed by atoms with E-state index >= 15 is 0 Å². The van der Waals surface area contributed by atoms with Gasteiger partial charge in [-0.15, -0.1) is 0 Å². The van der Waals surface area contributed by atoms with Gasteiger partial charge < -0.3 is 10.3 Å². The molecule has 0 radical (unpaired) electrons. The van der Waals surface area contributed by atoms with Crippen molar-refractivity contribution < 1.29 is 22.1 Å². The van der Waals surface area contributed by atoms with Crippen LogP contribution < -0.4 is 5.73 Å². The number of anilines is 1. The van der Waals surface area contributed by atoms with E-state index in [-0.39, 0.29) is 22.7 Å². The van der Waals surface area contributed by atoms with Crippen molar-refractivity contribution in [2.75, 3.05) is 5.73 Å². The first-order chi connectivity index (χ1) is 10.9. The van der Waals surface area contributed by atoms with Gasteiger partial charge in [0.25, 0.3) is 0 Å². The van der Waals surface area contributed by atoms with E-state index in [9.17, 15) is 17.6 Å². The number of rotatable bonds is 2. The Bertz CT molecular complexity index is 846. The van der Waals surface area contributed by atoms with Crippen LogP contribution in [0.25, 0.3) is 22.5 Å². The molecular weight excluding hydrogens is 316 g/mol. The summed E-state index contributed by atoms with van der Waals surface area (Å²) in [6, 6.07) is 3.62. The van der Waals surface area contributed by atoms with Gasteiger partial charge in [0, 0.05) is 11.8 Å². The van der Waals surface area contributed by atoms with E-state index in [2.05, 4.69) is 15.1 Å². The minimum Gasteiger partial charge on any atom is -0.367 e. The van der Waals surface area contributed by atoms with Gasteiger partial charge in [-0.3, -0.25) is 0 Å². The van der Waals surface area contributed by atoms with Gasteiger partial charge in [0.15, 0.2) is 0 Å².